The van der Waals surface area contributed by atoms with Crippen LogP contribution in [-0.4, -0.2) is 31.9 Å². The summed E-state index contributed by atoms with van der Waals surface area (Å²) in [6.45, 7) is 4.62. The van der Waals surface area contributed by atoms with Crippen LogP contribution in [0.4, 0.5) is 11.5 Å². The molecule has 4 aromatic rings. The summed E-state index contributed by atoms with van der Waals surface area (Å²) in [7, 11) is 1.36. The molecule has 0 radical (unpaired) electrons. The predicted octanol–water partition coefficient (Wildman–Crippen LogP) is 7.20. The summed E-state index contributed by atoms with van der Waals surface area (Å²) in [4.78, 5) is 15.9. The van der Waals surface area contributed by atoms with Crippen molar-refractivity contribution in [1.29, 1.82) is 0 Å². The van der Waals surface area contributed by atoms with Crippen LogP contribution in [0.25, 0.3) is 26.9 Å². The van der Waals surface area contributed by atoms with Crippen LogP contribution in [0.2, 0.25) is 0 Å². The van der Waals surface area contributed by atoms with Gasteiger partial charge in [-0.1, -0.05) is 44.2 Å². The number of allylic oxidation sites excluding steroid dienone is 2. The molecule has 1 aromatic heterocycles. The lowest BCUT2D eigenvalue weighted by Gasteiger charge is -2.28. The van der Waals surface area contributed by atoms with E-state index in [2.05, 4.69) is 55.2 Å². The van der Waals surface area contributed by atoms with E-state index < -0.39 is 17.2 Å². The van der Waals surface area contributed by atoms with Crippen LogP contribution in [-0.2, 0) is 11.3 Å². The molecule has 1 N–H and O–H groups in total. The first kappa shape index (κ1) is 26.1. The van der Waals surface area contributed by atoms with Crippen molar-refractivity contribution in [3.63, 3.8) is 0 Å². The molecule has 0 saturated carbocycles. The Kier molecular flexibility index (Phi) is 7.09. The van der Waals surface area contributed by atoms with Gasteiger partial charge < -0.3 is 14.4 Å². The van der Waals surface area contributed by atoms with Crippen LogP contribution in [0.15, 0.2) is 66.1 Å². The number of methoxy groups -OCH3 is 1. The second kappa shape index (κ2) is 10.3. The van der Waals surface area contributed by atoms with Crippen molar-refractivity contribution in [2.75, 3.05) is 11.4 Å². The van der Waals surface area contributed by atoms with Gasteiger partial charge in [0.05, 0.1) is 29.6 Å². The fourth-order valence-corrected chi connectivity index (χ4v) is 6.08. The van der Waals surface area contributed by atoms with E-state index in [0.29, 0.717) is 10.4 Å². The molecule has 0 bridgehead atoms. The van der Waals surface area contributed by atoms with E-state index in [1.807, 2.05) is 6.07 Å². The Balaban J connectivity index is 1.45. The molecule has 9 heteroatoms. The van der Waals surface area contributed by atoms with Gasteiger partial charge in [-0.25, -0.2) is 14.1 Å². The second-order valence-electron chi connectivity index (χ2n) is 10.1. The number of carbonyl (C=O) groups is 1. The lowest BCUT2D eigenvalue weighted by Crippen LogP contribution is -2.20. The van der Waals surface area contributed by atoms with Crippen molar-refractivity contribution in [3.8, 4) is 16.3 Å². The Hall–Kier alpha value is -3.53. The molecular formula is C29H27N2O5S2-. The lowest BCUT2D eigenvalue weighted by atomic mass is 9.77. The van der Waals surface area contributed by atoms with Gasteiger partial charge in [0, 0.05) is 10.9 Å². The highest BCUT2D eigenvalue weighted by Gasteiger charge is 2.23. The van der Waals surface area contributed by atoms with Gasteiger partial charge in [-0.05, 0) is 76.9 Å². The van der Waals surface area contributed by atoms with Crippen molar-refractivity contribution >= 4 is 56.4 Å². The lowest BCUT2D eigenvalue weighted by molar-refractivity contribution is 0.0696. The minimum atomic E-state index is -2.72. The van der Waals surface area contributed by atoms with Gasteiger partial charge in [-0.2, -0.15) is 0 Å². The molecule has 3 aromatic carbocycles. The zero-order chi connectivity index (χ0) is 27.0. The Morgan fingerprint density at radius 3 is 2.45 bits per heavy atom. The molecule has 5 rings (SSSR count). The first-order valence-corrected chi connectivity index (χ1v) is 14.1. The first-order chi connectivity index (χ1) is 18.1. The van der Waals surface area contributed by atoms with Gasteiger partial charge in [-0.15, -0.1) is 11.3 Å². The number of hydrogen-bond donors (Lipinski definition) is 1. The van der Waals surface area contributed by atoms with Gasteiger partial charge in [0.1, 0.15) is 10.8 Å². The number of thiazole rings is 1. The second-order valence-corrected chi connectivity index (χ2v) is 11.7. The number of aromatic nitrogens is 1. The highest BCUT2D eigenvalue weighted by atomic mass is 32.2. The normalized spacial score (nSPS) is 15.6. The number of anilines is 2. The number of hydrogen-bond acceptors (Lipinski definition) is 6. The summed E-state index contributed by atoms with van der Waals surface area (Å²) in [5, 5.41) is 13.8. The van der Waals surface area contributed by atoms with Gasteiger partial charge >= 0.3 is 5.97 Å². The van der Waals surface area contributed by atoms with E-state index in [0.717, 1.165) is 33.5 Å². The van der Waals surface area contributed by atoms with Crippen molar-refractivity contribution in [1.82, 2.24) is 4.98 Å². The van der Waals surface area contributed by atoms with Gasteiger partial charge in [0.25, 0.3) is 0 Å². The SMILES string of the molecule is COc1cc(C(=O)O)ccc1N(c1csc(-c2ccc3cc(C4=CCC(C)(C)CC4)ccc3c2)n1)S(=O)[O-]. The zero-order valence-corrected chi connectivity index (χ0v) is 22.9. The van der Waals surface area contributed by atoms with E-state index in [1.165, 1.54) is 54.2 Å². The van der Waals surface area contributed by atoms with Crippen LogP contribution in [0.3, 0.4) is 0 Å². The summed E-state index contributed by atoms with van der Waals surface area (Å²) in [6, 6.07) is 16.6. The monoisotopic (exact) mass is 547 g/mol. The Bertz CT molecular complexity index is 1590. The molecule has 0 amide bonds. The molecule has 1 aliphatic carbocycles. The van der Waals surface area contributed by atoms with E-state index in [4.69, 9.17) is 4.74 Å². The topological polar surface area (TPSA) is 103 Å². The minimum Gasteiger partial charge on any atom is -0.755 e. The maximum Gasteiger partial charge on any atom is 0.335 e. The van der Waals surface area contributed by atoms with Crippen molar-refractivity contribution in [2.45, 2.75) is 33.1 Å². The van der Waals surface area contributed by atoms with Crippen LogP contribution in [0.1, 0.15) is 49.0 Å². The standard InChI is InChI=1S/C29H28N2O5S2/c1-29(2)12-10-18(11-13-29)19-4-5-21-15-22(7-6-20(21)14-19)27-30-26(17-37-27)31(38(34)35)24-9-8-23(28(32)33)16-25(24)36-3/h4-10,14-17H,11-13H2,1-3H3,(H,32,33)(H,34,35)/p-1. The summed E-state index contributed by atoms with van der Waals surface area (Å²) in [6.07, 6.45) is 5.72. The molecule has 0 saturated heterocycles. The average Bonchev–Trinajstić information content (AvgIpc) is 3.37. The van der Waals surface area contributed by atoms with Crippen LogP contribution >= 0.6 is 11.3 Å². The molecule has 1 heterocycles. The number of fused-ring (bicyclic) bond motifs is 1. The van der Waals surface area contributed by atoms with Crippen molar-refractivity contribution < 1.29 is 23.4 Å². The first-order valence-electron chi connectivity index (χ1n) is 12.2. The number of nitrogens with zero attached hydrogens (tertiary/aromatic N) is 2. The number of aromatic carboxylic acids is 1. The highest BCUT2D eigenvalue weighted by molar-refractivity contribution is 7.81. The van der Waals surface area contributed by atoms with Crippen LogP contribution in [0, 0.1) is 5.41 Å². The molecule has 7 nitrogen and oxygen atoms in total. The molecule has 1 atom stereocenters. The zero-order valence-electron chi connectivity index (χ0n) is 21.3. The molecule has 196 valence electrons. The summed E-state index contributed by atoms with van der Waals surface area (Å²) in [5.74, 6) is -0.826. The highest BCUT2D eigenvalue weighted by Crippen LogP contribution is 2.40. The molecule has 0 fully saturated rings. The maximum absolute atomic E-state index is 12.2. The molecule has 38 heavy (non-hydrogen) atoms. The molecule has 0 spiro atoms. The molecule has 0 aliphatic heterocycles. The number of carboxylic acid groups (broad SMARTS) is 1. The van der Waals surface area contributed by atoms with E-state index in [9.17, 15) is 18.7 Å². The third-order valence-electron chi connectivity index (χ3n) is 6.92. The van der Waals surface area contributed by atoms with Crippen LogP contribution < -0.4 is 9.04 Å². The van der Waals surface area contributed by atoms with E-state index >= 15 is 0 Å². The van der Waals surface area contributed by atoms with Gasteiger partial charge in [0.15, 0.2) is 5.82 Å². The molecular weight excluding hydrogens is 520 g/mol. The fraction of sp³-hybridized carbons (Fsp3) is 0.241. The minimum absolute atomic E-state index is 0.0101. The quantitative estimate of drug-likeness (QED) is 0.246. The summed E-state index contributed by atoms with van der Waals surface area (Å²) < 4.78 is 30.7. The summed E-state index contributed by atoms with van der Waals surface area (Å²) in [5.41, 5.74) is 4.07. The van der Waals surface area contributed by atoms with Gasteiger partial charge in [0.2, 0.25) is 0 Å². The smallest absolute Gasteiger partial charge is 0.335 e. The number of ether oxygens (including phenoxy) is 1. The van der Waals surface area contributed by atoms with E-state index in [-0.39, 0.29) is 22.8 Å². The van der Waals surface area contributed by atoms with Crippen LogP contribution in [0.5, 0.6) is 5.75 Å². The largest absolute Gasteiger partial charge is 0.755 e. The fourth-order valence-electron chi connectivity index (χ4n) is 4.67. The Morgan fingerprint density at radius 1 is 1.11 bits per heavy atom. The van der Waals surface area contributed by atoms with Crippen molar-refractivity contribution in [2.24, 2.45) is 5.41 Å². The third kappa shape index (κ3) is 5.22. The molecule has 1 aliphatic rings. The number of benzene rings is 3. The van der Waals surface area contributed by atoms with Crippen molar-refractivity contribution in [3.05, 3.63) is 77.2 Å². The van der Waals surface area contributed by atoms with Gasteiger partial charge in [-0.3, -0.25) is 4.21 Å². The van der Waals surface area contributed by atoms with E-state index in [1.54, 1.807) is 5.38 Å². The molecule has 1 unspecified atom stereocenters. The summed E-state index contributed by atoms with van der Waals surface area (Å²) >= 11 is -1.39. The maximum atomic E-state index is 12.2. The third-order valence-corrected chi connectivity index (χ3v) is 8.49. The average molecular weight is 548 g/mol. The number of carboxylic acids is 1. The number of rotatable bonds is 7. The predicted molar refractivity (Wildman–Crippen MR) is 152 cm³/mol. The Labute approximate surface area is 227 Å². The Morgan fingerprint density at radius 2 is 1.82 bits per heavy atom.